The number of halogens is 2. The molecule has 3 heteroatoms. The predicted molar refractivity (Wildman–Crippen MR) is 72.6 cm³/mol. The number of anilines is 1. The lowest BCUT2D eigenvalue weighted by Crippen LogP contribution is -2.02. The van der Waals surface area contributed by atoms with Crippen LogP contribution in [0.15, 0.2) is 46.9 Å². The molecule has 0 amide bonds. The summed E-state index contributed by atoms with van der Waals surface area (Å²) in [4.78, 5) is 0. The van der Waals surface area contributed by atoms with Gasteiger partial charge in [-0.1, -0.05) is 34.1 Å². The first-order valence-corrected chi connectivity index (χ1v) is 6.19. The van der Waals surface area contributed by atoms with Gasteiger partial charge in [-0.2, -0.15) is 0 Å². The second-order valence-corrected chi connectivity index (χ2v) is 4.82. The average molecular weight is 294 g/mol. The standard InChI is InChI=1S/C14H13BrFN/c1-10-4-2-3-5-14(10)17-9-11-8-12(15)6-7-13(11)16/h2-8,17H,9H2,1H3. The number of hydrogen-bond acceptors (Lipinski definition) is 1. The largest absolute Gasteiger partial charge is 0.381 e. The van der Waals surface area contributed by atoms with Gasteiger partial charge in [0.05, 0.1) is 0 Å². The summed E-state index contributed by atoms with van der Waals surface area (Å²) in [5, 5.41) is 3.24. The molecule has 0 spiro atoms. The van der Waals surface area contributed by atoms with Gasteiger partial charge in [0.2, 0.25) is 0 Å². The minimum absolute atomic E-state index is 0.186. The molecule has 1 nitrogen and oxygen atoms in total. The Labute approximate surface area is 109 Å². The molecule has 0 bridgehead atoms. The van der Waals surface area contributed by atoms with E-state index in [9.17, 15) is 4.39 Å². The van der Waals surface area contributed by atoms with Gasteiger partial charge in [-0.3, -0.25) is 0 Å². The Hall–Kier alpha value is -1.35. The number of para-hydroxylation sites is 1. The molecular weight excluding hydrogens is 281 g/mol. The van der Waals surface area contributed by atoms with Crippen LogP contribution in [-0.2, 0) is 6.54 Å². The Bertz CT molecular complexity index is 525. The van der Waals surface area contributed by atoms with Crippen molar-refractivity contribution in [3.05, 3.63) is 63.9 Å². The van der Waals surface area contributed by atoms with E-state index < -0.39 is 0 Å². The van der Waals surface area contributed by atoms with Gasteiger partial charge in [0.1, 0.15) is 5.82 Å². The van der Waals surface area contributed by atoms with E-state index in [0.717, 1.165) is 15.7 Å². The summed E-state index contributed by atoms with van der Waals surface area (Å²) in [6.45, 7) is 2.51. The Morgan fingerprint density at radius 1 is 1.18 bits per heavy atom. The fraction of sp³-hybridized carbons (Fsp3) is 0.143. The smallest absolute Gasteiger partial charge is 0.128 e. The Kier molecular flexibility index (Phi) is 3.79. The highest BCUT2D eigenvalue weighted by Gasteiger charge is 2.03. The van der Waals surface area contributed by atoms with Gasteiger partial charge in [0, 0.05) is 22.3 Å². The van der Waals surface area contributed by atoms with Crippen molar-refractivity contribution in [3.8, 4) is 0 Å². The number of rotatable bonds is 3. The zero-order chi connectivity index (χ0) is 12.3. The van der Waals surface area contributed by atoms with Crippen LogP contribution < -0.4 is 5.32 Å². The molecule has 0 heterocycles. The van der Waals surface area contributed by atoms with Crippen LogP contribution in [0.3, 0.4) is 0 Å². The molecule has 0 aliphatic heterocycles. The van der Waals surface area contributed by atoms with Crippen molar-refractivity contribution in [2.75, 3.05) is 5.32 Å². The number of hydrogen-bond donors (Lipinski definition) is 1. The van der Waals surface area contributed by atoms with E-state index in [1.807, 2.05) is 31.2 Å². The number of nitrogens with one attached hydrogen (secondary N) is 1. The maximum absolute atomic E-state index is 13.5. The van der Waals surface area contributed by atoms with Crippen LogP contribution in [0.25, 0.3) is 0 Å². The maximum atomic E-state index is 13.5. The van der Waals surface area contributed by atoms with Gasteiger partial charge in [-0.25, -0.2) is 4.39 Å². The second-order valence-electron chi connectivity index (χ2n) is 3.90. The Morgan fingerprint density at radius 3 is 2.71 bits per heavy atom. The molecule has 0 aliphatic rings. The molecule has 1 N–H and O–H groups in total. The van der Waals surface area contributed by atoms with Crippen molar-refractivity contribution in [2.45, 2.75) is 13.5 Å². The molecule has 0 saturated heterocycles. The minimum Gasteiger partial charge on any atom is -0.381 e. The van der Waals surface area contributed by atoms with E-state index in [0.29, 0.717) is 12.1 Å². The van der Waals surface area contributed by atoms with Crippen molar-refractivity contribution in [2.24, 2.45) is 0 Å². The van der Waals surface area contributed by atoms with E-state index in [1.54, 1.807) is 12.1 Å². The van der Waals surface area contributed by atoms with Gasteiger partial charge < -0.3 is 5.32 Å². The molecule has 0 aromatic heterocycles. The SMILES string of the molecule is Cc1ccccc1NCc1cc(Br)ccc1F. The number of benzene rings is 2. The van der Waals surface area contributed by atoms with Crippen LogP contribution >= 0.6 is 15.9 Å². The lowest BCUT2D eigenvalue weighted by molar-refractivity contribution is 0.612. The third-order valence-electron chi connectivity index (χ3n) is 2.62. The quantitative estimate of drug-likeness (QED) is 0.878. The summed E-state index contributed by atoms with van der Waals surface area (Å²) < 4.78 is 14.4. The lowest BCUT2D eigenvalue weighted by atomic mass is 10.1. The van der Waals surface area contributed by atoms with Gasteiger partial charge in [-0.05, 0) is 36.8 Å². The summed E-state index contributed by atoms with van der Waals surface area (Å²) in [5.74, 6) is -0.186. The van der Waals surface area contributed by atoms with Crippen molar-refractivity contribution < 1.29 is 4.39 Å². The summed E-state index contributed by atoms with van der Waals surface area (Å²) >= 11 is 3.34. The monoisotopic (exact) mass is 293 g/mol. The van der Waals surface area contributed by atoms with Crippen LogP contribution in [0.5, 0.6) is 0 Å². The molecule has 2 aromatic carbocycles. The average Bonchev–Trinajstić information content (AvgIpc) is 2.32. The molecule has 0 saturated carbocycles. The second kappa shape index (κ2) is 5.32. The van der Waals surface area contributed by atoms with E-state index in [4.69, 9.17) is 0 Å². The highest BCUT2D eigenvalue weighted by molar-refractivity contribution is 9.10. The van der Waals surface area contributed by atoms with E-state index in [-0.39, 0.29) is 5.82 Å². The van der Waals surface area contributed by atoms with Crippen molar-refractivity contribution in [3.63, 3.8) is 0 Å². The summed E-state index contributed by atoms with van der Waals surface area (Å²) in [5.41, 5.74) is 2.84. The molecule has 0 fully saturated rings. The third-order valence-corrected chi connectivity index (χ3v) is 3.12. The van der Waals surface area contributed by atoms with Crippen molar-refractivity contribution in [1.82, 2.24) is 0 Å². The molecule has 0 aliphatic carbocycles. The fourth-order valence-corrected chi connectivity index (χ4v) is 2.05. The van der Waals surface area contributed by atoms with E-state index >= 15 is 0 Å². The highest BCUT2D eigenvalue weighted by Crippen LogP contribution is 2.18. The summed E-state index contributed by atoms with van der Waals surface area (Å²) in [6, 6.07) is 12.9. The van der Waals surface area contributed by atoms with Crippen LogP contribution in [-0.4, -0.2) is 0 Å². The summed E-state index contributed by atoms with van der Waals surface area (Å²) in [6.07, 6.45) is 0. The van der Waals surface area contributed by atoms with Crippen LogP contribution in [0.2, 0.25) is 0 Å². The molecule has 0 atom stereocenters. The zero-order valence-electron chi connectivity index (χ0n) is 9.50. The lowest BCUT2D eigenvalue weighted by Gasteiger charge is -2.10. The molecular formula is C14H13BrFN. The fourth-order valence-electron chi connectivity index (χ4n) is 1.64. The summed E-state index contributed by atoms with van der Waals surface area (Å²) in [7, 11) is 0. The van der Waals surface area contributed by atoms with Gasteiger partial charge in [0.15, 0.2) is 0 Å². The minimum atomic E-state index is -0.186. The zero-order valence-corrected chi connectivity index (χ0v) is 11.1. The highest BCUT2D eigenvalue weighted by atomic mass is 79.9. The normalized spacial score (nSPS) is 10.3. The van der Waals surface area contributed by atoms with Crippen LogP contribution in [0, 0.1) is 12.7 Å². The topological polar surface area (TPSA) is 12.0 Å². The van der Waals surface area contributed by atoms with Gasteiger partial charge in [0.25, 0.3) is 0 Å². The first-order chi connectivity index (χ1) is 8.16. The van der Waals surface area contributed by atoms with Gasteiger partial charge >= 0.3 is 0 Å². The van der Waals surface area contributed by atoms with E-state index in [2.05, 4.69) is 21.2 Å². The first kappa shape index (κ1) is 12.1. The predicted octanol–water partition coefficient (Wildman–Crippen LogP) is 4.51. The number of aryl methyl sites for hydroxylation is 1. The molecule has 0 unspecified atom stereocenters. The molecule has 2 rings (SSSR count). The van der Waals surface area contributed by atoms with E-state index in [1.165, 1.54) is 6.07 Å². The molecule has 88 valence electrons. The van der Waals surface area contributed by atoms with Gasteiger partial charge in [-0.15, -0.1) is 0 Å². The maximum Gasteiger partial charge on any atom is 0.128 e. The van der Waals surface area contributed by atoms with Crippen molar-refractivity contribution >= 4 is 21.6 Å². The Morgan fingerprint density at radius 2 is 1.94 bits per heavy atom. The molecule has 2 aromatic rings. The Balaban J connectivity index is 2.12. The van der Waals surface area contributed by atoms with Crippen LogP contribution in [0.4, 0.5) is 10.1 Å². The molecule has 17 heavy (non-hydrogen) atoms. The first-order valence-electron chi connectivity index (χ1n) is 5.40. The third kappa shape index (κ3) is 3.07. The molecule has 0 radical (unpaired) electrons. The van der Waals surface area contributed by atoms with Crippen molar-refractivity contribution in [1.29, 1.82) is 0 Å². The van der Waals surface area contributed by atoms with Crippen LogP contribution in [0.1, 0.15) is 11.1 Å².